The summed E-state index contributed by atoms with van der Waals surface area (Å²) in [5.41, 5.74) is 1.30. The van der Waals surface area contributed by atoms with E-state index in [1.165, 1.54) is 0 Å². The van der Waals surface area contributed by atoms with Gasteiger partial charge in [-0.15, -0.1) is 0 Å². The topological polar surface area (TPSA) is 38.8 Å². The van der Waals surface area contributed by atoms with Crippen molar-refractivity contribution >= 4 is 29.1 Å². The lowest BCUT2D eigenvalue weighted by molar-refractivity contribution is -0.0332. The summed E-state index contributed by atoms with van der Waals surface area (Å²) in [6.07, 6.45) is 0.787. The lowest BCUT2D eigenvalue weighted by Crippen LogP contribution is -2.46. The average Bonchev–Trinajstić information content (AvgIpc) is 2.49. The number of hydrogen-bond acceptors (Lipinski definition) is 3. The number of ether oxygens (including phenoxy) is 2. The highest BCUT2D eigenvalue weighted by atomic mass is 35.5. The Kier molecular flexibility index (Phi) is 5.88. The molecule has 0 saturated carbocycles. The summed E-state index contributed by atoms with van der Waals surface area (Å²) >= 11 is 12.2. The van der Waals surface area contributed by atoms with E-state index in [1.807, 2.05) is 6.92 Å². The summed E-state index contributed by atoms with van der Waals surface area (Å²) in [4.78, 5) is 14.3. The number of morpholine rings is 1. The van der Waals surface area contributed by atoms with Crippen molar-refractivity contribution < 1.29 is 14.3 Å². The van der Waals surface area contributed by atoms with Gasteiger partial charge in [0.25, 0.3) is 5.91 Å². The first-order chi connectivity index (χ1) is 10.0. The largest absolute Gasteiger partial charge is 0.385 e. The molecule has 1 amide bonds. The van der Waals surface area contributed by atoms with E-state index >= 15 is 0 Å². The minimum atomic E-state index is -0.0653. The van der Waals surface area contributed by atoms with Crippen LogP contribution in [-0.2, 0) is 9.47 Å². The first kappa shape index (κ1) is 16.6. The third-order valence-electron chi connectivity index (χ3n) is 3.60. The first-order valence-electron chi connectivity index (χ1n) is 6.88. The lowest BCUT2D eigenvalue weighted by Gasteiger charge is -2.33. The Balaban J connectivity index is 2.09. The van der Waals surface area contributed by atoms with Crippen molar-refractivity contribution in [3.63, 3.8) is 0 Å². The molecule has 0 unspecified atom stereocenters. The van der Waals surface area contributed by atoms with Crippen molar-refractivity contribution in [2.24, 2.45) is 0 Å². The van der Waals surface area contributed by atoms with E-state index < -0.39 is 0 Å². The minimum absolute atomic E-state index is 0.0130. The molecule has 21 heavy (non-hydrogen) atoms. The van der Waals surface area contributed by atoms with E-state index in [-0.39, 0.29) is 12.0 Å². The molecule has 0 N–H and O–H groups in total. The van der Waals surface area contributed by atoms with Gasteiger partial charge >= 0.3 is 0 Å². The van der Waals surface area contributed by atoms with Crippen LogP contribution in [0.25, 0.3) is 0 Å². The van der Waals surface area contributed by atoms with Gasteiger partial charge in [0, 0.05) is 42.4 Å². The van der Waals surface area contributed by atoms with Crippen LogP contribution >= 0.6 is 23.2 Å². The zero-order chi connectivity index (χ0) is 15.4. The van der Waals surface area contributed by atoms with Crippen LogP contribution in [0.15, 0.2) is 12.1 Å². The Morgan fingerprint density at radius 2 is 2.10 bits per heavy atom. The van der Waals surface area contributed by atoms with Crippen molar-refractivity contribution in [3.8, 4) is 0 Å². The Labute approximate surface area is 134 Å². The molecule has 116 valence electrons. The van der Waals surface area contributed by atoms with Crippen LogP contribution < -0.4 is 0 Å². The van der Waals surface area contributed by atoms with E-state index in [9.17, 15) is 4.79 Å². The maximum Gasteiger partial charge on any atom is 0.254 e. The zero-order valence-electron chi connectivity index (χ0n) is 12.2. The molecule has 1 heterocycles. The van der Waals surface area contributed by atoms with Crippen LogP contribution in [-0.4, -0.2) is 50.3 Å². The summed E-state index contributed by atoms with van der Waals surface area (Å²) in [6, 6.07) is 3.34. The number of nitrogens with zero attached hydrogens (tertiary/aromatic N) is 1. The highest BCUT2D eigenvalue weighted by Crippen LogP contribution is 2.26. The van der Waals surface area contributed by atoms with Gasteiger partial charge in [0.2, 0.25) is 0 Å². The Hall–Kier alpha value is -0.810. The molecule has 1 fully saturated rings. The van der Waals surface area contributed by atoms with Crippen molar-refractivity contribution in [1.29, 1.82) is 0 Å². The SMILES string of the molecule is COCC[C@H]1CN(C(=O)c2cc(Cl)c(C)c(Cl)c2)CCO1. The molecular weight excluding hydrogens is 313 g/mol. The monoisotopic (exact) mass is 331 g/mol. The molecule has 1 aromatic carbocycles. The standard InChI is InChI=1S/C15H19Cl2NO3/c1-10-13(16)7-11(8-14(10)17)15(19)18-4-6-21-12(9-18)3-5-20-2/h7-8,12H,3-6,9H2,1-2H3/t12-/m0/s1. The number of carbonyl (C=O) groups is 1. The second-order valence-corrected chi connectivity index (χ2v) is 5.90. The minimum Gasteiger partial charge on any atom is -0.385 e. The van der Waals surface area contributed by atoms with E-state index in [2.05, 4.69) is 0 Å². The van der Waals surface area contributed by atoms with Crippen LogP contribution in [0.3, 0.4) is 0 Å². The molecule has 1 aromatic rings. The molecule has 2 rings (SSSR count). The van der Waals surface area contributed by atoms with Gasteiger partial charge in [-0.2, -0.15) is 0 Å². The normalized spacial score (nSPS) is 18.9. The van der Waals surface area contributed by atoms with Gasteiger partial charge in [0.1, 0.15) is 0 Å². The van der Waals surface area contributed by atoms with Crippen LogP contribution in [0, 0.1) is 6.92 Å². The number of hydrogen-bond donors (Lipinski definition) is 0. The zero-order valence-corrected chi connectivity index (χ0v) is 13.7. The van der Waals surface area contributed by atoms with Gasteiger partial charge in [-0.05, 0) is 31.0 Å². The van der Waals surface area contributed by atoms with E-state index in [4.69, 9.17) is 32.7 Å². The molecule has 0 radical (unpaired) electrons. The van der Waals surface area contributed by atoms with Crippen LogP contribution in [0.2, 0.25) is 10.0 Å². The Bertz CT molecular complexity index is 499. The molecule has 0 aromatic heterocycles. The predicted octanol–water partition coefficient (Wildman–Crippen LogP) is 3.18. The van der Waals surface area contributed by atoms with Gasteiger partial charge < -0.3 is 14.4 Å². The number of benzene rings is 1. The van der Waals surface area contributed by atoms with Crippen molar-refractivity contribution in [1.82, 2.24) is 4.90 Å². The molecular formula is C15H19Cl2NO3. The Morgan fingerprint density at radius 3 is 2.71 bits per heavy atom. The Morgan fingerprint density at radius 1 is 1.43 bits per heavy atom. The van der Waals surface area contributed by atoms with Crippen LogP contribution in [0.5, 0.6) is 0 Å². The molecule has 1 saturated heterocycles. The quantitative estimate of drug-likeness (QED) is 0.850. The molecule has 0 spiro atoms. The average molecular weight is 332 g/mol. The number of carbonyl (C=O) groups excluding carboxylic acids is 1. The molecule has 0 aliphatic carbocycles. The third kappa shape index (κ3) is 4.10. The summed E-state index contributed by atoms with van der Waals surface area (Å²) in [5.74, 6) is -0.0653. The van der Waals surface area contributed by atoms with Crippen LogP contribution in [0.1, 0.15) is 22.3 Å². The van der Waals surface area contributed by atoms with E-state index in [0.717, 1.165) is 12.0 Å². The molecule has 4 nitrogen and oxygen atoms in total. The first-order valence-corrected chi connectivity index (χ1v) is 7.64. The fraction of sp³-hybridized carbons (Fsp3) is 0.533. The summed E-state index contributed by atoms with van der Waals surface area (Å²) < 4.78 is 10.7. The number of rotatable bonds is 4. The smallest absolute Gasteiger partial charge is 0.254 e. The molecule has 6 heteroatoms. The number of amides is 1. The van der Waals surface area contributed by atoms with Gasteiger partial charge in [-0.1, -0.05) is 23.2 Å². The van der Waals surface area contributed by atoms with Gasteiger partial charge in [0.05, 0.1) is 12.7 Å². The molecule has 0 bridgehead atoms. The van der Waals surface area contributed by atoms with Gasteiger partial charge in [-0.3, -0.25) is 4.79 Å². The van der Waals surface area contributed by atoms with Crippen molar-refractivity contribution in [3.05, 3.63) is 33.3 Å². The van der Waals surface area contributed by atoms with Gasteiger partial charge in [-0.25, -0.2) is 0 Å². The molecule has 1 aliphatic heterocycles. The second-order valence-electron chi connectivity index (χ2n) is 5.09. The van der Waals surface area contributed by atoms with E-state index in [0.29, 0.717) is 41.9 Å². The van der Waals surface area contributed by atoms with Gasteiger partial charge in [0.15, 0.2) is 0 Å². The number of halogens is 2. The maximum absolute atomic E-state index is 12.6. The summed E-state index contributed by atoms with van der Waals surface area (Å²) in [7, 11) is 1.65. The fourth-order valence-corrected chi connectivity index (χ4v) is 2.77. The highest BCUT2D eigenvalue weighted by Gasteiger charge is 2.25. The van der Waals surface area contributed by atoms with Crippen molar-refractivity contribution in [2.45, 2.75) is 19.4 Å². The van der Waals surface area contributed by atoms with E-state index in [1.54, 1.807) is 24.1 Å². The fourth-order valence-electron chi connectivity index (χ4n) is 2.28. The summed E-state index contributed by atoms with van der Waals surface area (Å²) in [6.45, 7) is 4.12. The highest BCUT2D eigenvalue weighted by molar-refractivity contribution is 6.36. The van der Waals surface area contributed by atoms with Crippen LogP contribution in [0.4, 0.5) is 0 Å². The third-order valence-corrected chi connectivity index (χ3v) is 4.38. The lowest BCUT2D eigenvalue weighted by atomic mass is 10.1. The summed E-state index contributed by atoms with van der Waals surface area (Å²) in [5, 5.41) is 1.02. The van der Waals surface area contributed by atoms with Crippen molar-refractivity contribution in [2.75, 3.05) is 33.4 Å². The predicted molar refractivity (Wildman–Crippen MR) is 83.3 cm³/mol. The number of methoxy groups -OCH3 is 1. The molecule has 1 atom stereocenters. The second kappa shape index (κ2) is 7.45. The maximum atomic E-state index is 12.6. The molecule has 1 aliphatic rings.